The highest BCUT2D eigenvalue weighted by molar-refractivity contribution is 6.42. The molecule has 0 bridgehead atoms. The number of aliphatic hydroxyl groups excluding tert-OH is 2. The Labute approximate surface area is 190 Å². The zero-order chi connectivity index (χ0) is 22.5. The fraction of sp³-hybridized carbons (Fsp3) is 0.364. The number of carbonyl (C=O) groups excluding carboxylic acids is 2. The summed E-state index contributed by atoms with van der Waals surface area (Å²) >= 11 is 12.0. The van der Waals surface area contributed by atoms with E-state index < -0.39 is 12.1 Å². The number of aliphatic hydroxyl groups is 2. The standard InChI is InChI=1S/C22H24Cl2N2O5/c1-25(20(29)11-14-2-7-18(23)19(24)10-14)21(22(30)26-12-16(28)13-26)15-3-5-17(6-4-15)31-9-8-27/h2-7,10,16,21,27-28H,8-9,11-13H2,1H3/t21-/m0/s1. The van der Waals surface area contributed by atoms with Crippen LogP contribution < -0.4 is 4.74 Å². The maximum Gasteiger partial charge on any atom is 0.250 e. The van der Waals surface area contributed by atoms with Crippen LogP contribution in [0.15, 0.2) is 42.5 Å². The highest BCUT2D eigenvalue weighted by Gasteiger charge is 2.37. The third-order valence-electron chi connectivity index (χ3n) is 5.08. The third-order valence-corrected chi connectivity index (χ3v) is 5.82. The first-order valence-electron chi connectivity index (χ1n) is 9.80. The maximum atomic E-state index is 13.1. The number of β-amino-alcohol motifs (C(OH)–C–C–N with tert-alkyl or cyclic N) is 1. The lowest BCUT2D eigenvalue weighted by Crippen LogP contribution is -2.57. The summed E-state index contributed by atoms with van der Waals surface area (Å²) in [5.74, 6) is 0.0193. The smallest absolute Gasteiger partial charge is 0.250 e. The number of benzene rings is 2. The number of ether oxygens (including phenoxy) is 1. The van der Waals surface area contributed by atoms with Gasteiger partial charge in [0.1, 0.15) is 18.4 Å². The number of likely N-dealkylation sites (N-methyl/N-ethyl adjacent to an activating group) is 1. The summed E-state index contributed by atoms with van der Waals surface area (Å²) in [5.41, 5.74) is 1.30. The van der Waals surface area contributed by atoms with Gasteiger partial charge in [-0.25, -0.2) is 0 Å². The highest BCUT2D eigenvalue weighted by atomic mass is 35.5. The monoisotopic (exact) mass is 466 g/mol. The van der Waals surface area contributed by atoms with Gasteiger partial charge in [-0.2, -0.15) is 0 Å². The zero-order valence-electron chi connectivity index (χ0n) is 17.0. The van der Waals surface area contributed by atoms with Gasteiger partial charge in [0.2, 0.25) is 11.8 Å². The van der Waals surface area contributed by atoms with Gasteiger partial charge < -0.3 is 24.7 Å². The van der Waals surface area contributed by atoms with Gasteiger partial charge in [0.15, 0.2) is 0 Å². The molecule has 1 aliphatic heterocycles. The molecule has 9 heteroatoms. The number of amides is 2. The largest absolute Gasteiger partial charge is 0.491 e. The summed E-state index contributed by atoms with van der Waals surface area (Å²) in [6.45, 7) is 0.533. The van der Waals surface area contributed by atoms with Gasteiger partial charge in [0, 0.05) is 20.1 Å². The van der Waals surface area contributed by atoms with Crippen molar-refractivity contribution in [1.29, 1.82) is 0 Å². The second-order valence-electron chi connectivity index (χ2n) is 7.37. The van der Waals surface area contributed by atoms with Crippen molar-refractivity contribution in [2.45, 2.75) is 18.6 Å². The summed E-state index contributed by atoms with van der Waals surface area (Å²) in [4.78, 5) is 29.1. The molecule has 1 heterocycles. The maximum absolute atomic E-state index is 13.1. The van der Waals surface area contributed by atoms with Gasteiger partial charge in [-0.15, -0.1) is 0 Å². The Morgan fingerprint density at radius 2 is 1.84 bits per heavy atom. The number of likely N-dealkylation sites (tertiary alicyclic amines) is 1. The molecule has 0 saturated carbocycles. The second-order valence-corrected chi connectivity index (χ2v) is 8.18. The lowest BCUT2D eigenvalue weighted by molar-refractivity contribution is -0.151. The zero-order valence-corrected chi connectivity index (χ0v) is 18.5. The minimum Gasteiger partial charge on any atom is -0.491 e. The number of rotatable bonds is 8. The van der Waals surface area contributed by atoms with Gasteiger partial charge in [-0.05, 0) is 35.4 Å². The van der Waals surface area contributed by atoms with Crippen LogP contribution in [0.1, 0.15) is 17.2 Å². The first kappa shape index (κ1) is 23.3. The molecule has 7 nitrogen and oxygen atoms in total. The normalized spacial score (nSPS) is 14.7. The van der Waals surface area contributed by atoms with E-state index in [-0.39, 0.29) is 44.5 Å². The van der Waals surface area contributed by atoms with Crippen LogP contribution in [-0.4, -0.2) is 71.3 Å². The molecule has 1 atom stereocenters. The molecule has 1 aliphatic rings. The minimum atomic E-state index is -0.852. The van der Waals surface area contributed by atoms with Crippen LogP contribution in [0.2, 0.25) is 10.0 Å². The van der Waals surface area contributed by atoms with E-state index in [1.54, 1.807) is 49.5 Å². The molecule has 2 N–H and O–H groups in total. The molecule has 3 rings (SSSR count). The molecule has 0 unspecified atom stereocenters. The summed E-state index contributed by atoms with van der Waals surface area (Å²) in [7, 11) is 1.58. The predicted molar refractivity (Wildman–Crippen MR) is 117 cm³/mol. The number of nitrogens with zero attached hydrogens (tertiary/aromatic N) is 2. The Bertz CT molecular complexity index is 932. The molecule has 1 saturated heterocycles. The van der Waals surface area contributed by atoms with Crippen LogP contribution in [0.3, 0.4) is 0 Å². The van der Waals surface area contributed by atoms with Gasteiger partial charge in [0.05, 0.1) is 29.2 Å². The molecule has 31 heavy (non-hydrogen) atoms. The lowest BCUT2D eigenvalue weighted by Gasteiger charge is -2.40. The van der Waals surface area contributed by atoms with Crippen LogP contribution >= 0.6 is 23.2 Å². The highest BCUT2D eigenvalue weighted by Crippen LogP contribution is 2.28. The number of halogens is 2. The van der Waals surface area contributed by atoms with Crippen molar-refractivity contribution in [3.63, 3.8) is 0 Å². The van der Waals surface area contributed by atoms with Crippen LogP contribution in [-0.2, 0) is 16.0 Å². The first-order chi connectivity index (χ1) is 14.8. The molecule has 1 fully saturated rings. The van der Waals surface area contributed by atoms with Gasteiger partial charge in [-0.3, -0.25) is 9.59 Å². The molecule has 0 radical (unpaired) electrons. The lowest BCUT2D eigenvalue weighted by atomic mass is 10.0. The fourth-order valence-corrected chi connectivity index (χ4v) is 3.66. The van der Waals surface area contributed by atoms with E-state index in [0.717, 1.165) is 0 Å². The number of carbonyl (C=O) groups is 2. The summed E-state index contributed by atoms with van der Waals surface area (Å²) in [6.07, 6.45) is -0.492. The van der Waals surface area contributed by atoms with Gasteiger partial charge in [0.25, 0.3) is 0 Å². The Kier molecular flexibility index (Phi) is 7.78. The van der Waals surface area contributed by atoms with Crippen molar-refractivity contribution < 1.29 is 24.5 Å². The summed E-state index contributed by atoms with van der Waals surface area (Å²) in [5, 5.41) is 19.2. The SMILES string of the molecule is CN(C(=O)Cc1ccc(Cl)c(Cl)c1)[C@H](C(=O)N1CC(O)C1)c1ccc(OCCO)cc1. The molecule has 2 amide bonds. The number of hydrogen-bond donors (Lipinski definition) is 2. The van der Waals surface area contributed by atoms with Crippen molar-refractivity contribution >= 4 is 35.0 Å². The molecular formula is C22H24Cl2N2O5. The van der Waals surface area contributed by atoms with Gasteiger partial charge in [-0.1, -0.05) is 41.4 Å². The predicted octanol–water partition coefficient (Wildman–Crippen LogP) is 2.31. The van der Waals surface area contributed by atoms with E-state index in [0.29, 0.717) is 26.9 Å². The van der Waals surface area contributed by atoms with Crippen LogP contribution in [0.5, 0.6) is 5.75 Å². The Hall–Kier alpha value is -2.32. The van der Waals surface area contributed by atoms with E-state index in [1.165, 1.54) is 9.80 Å². The van der Waals surface area contributed by atoms with Crippen molar-refractivity contribution in [3.8, 4) is 5.75 Å². The molecular weight excluding hydrogens is 443 g/mol. The van der Waals surface area contributed by atoms with Crippen LogP contribution in [0.4, 0.5) is 0 Å². The summed E-state index contributed by atoms with van der Waals surface area (Å²) in [6, 6.07) is 10.9. The van der Waals surface area contributed by atoms with E-state index in [1.807, 2.05) is 0 Å². The minimum absolute atomic E-state index is 0.0531. The van der Waals surface area contributed by atoms with Crippen LogP contribution in [0, 0.1) is 0 Å². The van der Waals surface area contributed by atoms with Crippen molar-refractivity contribution in [3.05, 3.63) is 63.6 Å². The molecule has 2 aromatic carbocycles. The fourth-order valence-electron chi connectivity index (χ4n) is 3.34. The molecule has 0 spiro atoms. The topological polar surface area (TPSA) is 90.3 Å². The van der Waals surface area contributed by atoms with Crippen molar-refractivity contribution in [2.24, 2.45) is 0 Å². The average Bonchev–Trinajstić information content (AvgIpc) is 2.73. The molecule has 0 aromatic heterocycles. The Morgan fingerprint density at radius 3 is 2.42 bits per heavy atom. The Morgan fingerprint density at radius 1 is 1.16 bits per heavy atom. The van der Waals surface area contributed by atoms with Gasteiger partial charge >= 0.3 is 0 Å². The quantitative estimate of drug-likeness (QED) is 0.622. The number of hydrogen-bond acceptors (Lipinski definition) is 5. The van der Waals surface area contributed by atoms with Crippen LogP contribution in [0.25, 0.3) is 0 Å². The molecule has 166 valence electrons. The molecule has 2 aromatic rings. The van der Waals surface area contributed by atoms with E-state index >= 15 is 0 Å². The summed E-state index contributed by atoms with van der Waals surface area (Å²) < 4.78 is 5.37. The van der Waals surface area contributed by atoms with E-state index in [2.05, 4.69) is 0 Å². The van der Waals surface area contributed by atoms with Crippen molar-refractivity contribution in [2.75, 3.05) is 33.4 Å². The first-order valence-corrected chi connectivity index (χ1v) is 10.6. The average molecular weight is 467 g/mol. The van der Waals surface area contributed by atoms with E-state index in [9.17, 15) is 14.7 Å². The Balaban J connectivity index is 1.81. The second kappa shape index (κ2) is 10.3. The third kappa shape index (κ3) is 5.68. The van der Waals surface area contributed by atoms with E-state index in [4.69, 9.17) is 33.0 Å². The van der Waals surface area contributed by atoms with Crippen molar-refractivity contribution in [1.82, 2.24) is 9.80 Å². The molecule has 0 aliphatic carbocycles.